The molecular formula is C51H36. The third kappa shape index (κ3) is 4.60. The van der Waals surface area contributed by atoms with Crippen LogP contribution in [0, 0.1) is 0 Å². The predicted octanol–water partition coefficient (Wildman–Crippen LogP) is 14.1. The first-order valence-electron chi connectivity index (χ1n) is 17.9. The summed E-state index contributed by atoms with van der Waals surface area (Å²) < 4.78 is 0. The second-order valence-corrected chi connectivity index (χ2v) is 14.5. The average Bonchev–Trinajstić information content (AvgIpc) is 3.43. The van der Waals surface area contributed by atoms with E-state index in [1.54, 1.807) is 0 Å². The molecule has 0 heterocycles. The van der Waals surface area contributed by atoms with Crippen LogP contribution in [0.2, 0.25) is 0 Å². The van der Waals surface area contributed by atoms with E-state index in [2.05, 4.69) is 196 Å². The molecule has 9 aromatic rings. The predicted molar refractivity (Wildman–Crippen MR) is 218 cm³/mol. The minimum atomic E-state index is -0.0335. The Morgan fingerprint density at radius 2 is 0.765 bits per heavy atom. The maximum atomic E-state index is 2.42. The molecule has 0 fully saturated rings. The third-order valence-corrected chi connectivity index (χ3v) is 11.3. The lowest BCUT2D eigenvalue weighted by atomic mass is 9.82. The van der Waals surface area contributed by atoms with Crippen molar-refractivity contribution >= 4 is 32.3 Å². The summed E-state index contributed by atoms with van der Waals surface area (Å²) in [6, 6.07) is 67.3. The van der Waals surface area contributed by atoms with Crippen molar-refractivity contribution in [2.24, 2.45) is 0 Å². The van der Waals surface area contributed by atoms with E-state index < -0.39 is 0 Å². The van der Waals surface area contributed by atoms with Crippen LogP contribution in [0.3, 0.4) is 0 Å². The van der Waals surface area contributed by atoms with Crippen molar-refractivity contribution in [1.29, 1.82) is 0 Å². The van der Waals surface area contributed by atoms with Crippen LogP contribution < -0.4 is 0 Å². The van der Waals surface area contributed by atoms with Gasteiger partial charge in [-0.15, -0.1) is 0 Å². The van der Waals surface area contributed by atoms with Gasteiger partial charge < -0.3 is 0 Å². The van der Waals surface area contributed by atoms with Crippen LogP contribution in [-0.2, 0) is 5.41 Å². The van der Waals surface area contributed by atoms with Crippen LogP contribution in [0.1, 0.15) is 25.0 Å². The van der Waals surface area contributed by atoms with Crippen molar-refractivity contribution in [3.8, 4) is 55.6 Å². The van der Waals surface area contributed by atoms with Gasteiger partial charge in [0.05, 0.1) is 0 Å². The lowest BCUT2D eigenvalue weighted by molar-refractivity contribution is 0.661. The van der Waals surface area contributed by atoms with Gasteiger partial charge >= 0.3 is 0 Å². The Balaban J connectivity index is 1.11. The Kier molecular flexibility index (Phi) is 6.63. The fourth-order valence-electron chi connectivity index (χ4n) is 8.77. The van der Waals surface area contributed by atoms with E-state index in [0.717, 1.165) is 0 Å². The van der Waals surface area contributed by atoms with E-state index in [9.17, 15) is 0 Å². The molecule has 10 rings (SSSR count). The number of benzene rings is 9. The lowest BCUT2D eigenvalue weighted by Gasteiger charge is -2.21. The Hall–Kier alpha value is -6.24. The van der Waals surface area contributed by atoms with Gasteiger partial charge in [0, 0.05) is 5.41 Å². The molecule has 0 nitrogen and oxygen atoms in total. The van der Waals surface area contributed by atoms with Crippen LogP contribution in [-0.4, -0.2) is 0 Å². The highest BCUT2D eigenvalue weighted by Gasteiger charge is 2.36. The van der Waals surface area contributed by atoms with Gasteiger partial charge in [0.15, 0.2) is 0 Å². The Bertz CT molecular complexity index is 2740. The van der Waals surface area contributed by atoms with Gasteiger partial charge in [0.2, 0.25) is 0 Å². The summed E-state index contributed by atoms with van der Waals surface area (Å²) in [4.78, 5) is 0. The number of hydrogen-bond donors (Lipinski definition) is 0. The summed E-state index contributed by atoms with van der Waals surface area (Å²) in [6.45, 7) is 4.72. The summed E-state index contributed by atoms with van der Waals surface area (Å²) in [6.07, 6.45) is 0. The van der Waals surface area contributed by atoms with Gasteiger partial charge in [-0.2, -0.15) is 0 Å². The Morgan fingerprint density at radius 1 is 0.294 bits per heavy atom. The SMILES string of the molecule is CC1(C)c2ccc(-c3ccc(-c4c5ccccc5c(-c5cccc(-c6ccccc6)c5)c5ccccc45)cc3)cc2-c2c1ccc1ccccc21. The van der Waals surface area contributed by atoms with Gasteiger partial charge in [0.25, 0.3) is 0 Å². The topological polar surface area (TPSA) is 0 Å². The van der Waals surface area contributed by atoms with E-state index in [0.29, 0.717) is 0 Å². The maximum Gasteiger partial charge on any atom is 0.0159 e. The smallest absolute Gasteiger partial charge is 0.0159 e. The van der Waals surface area contributed by atoms with Gasteiger partial charge in [-0.3, -0.25) is 0 Å². The molecule has 0 bridgehead atoms. The average molecular weight is 649 g/mol. The van der Waals surface area contributed by atoms with Gasteiger partial charge in [-0.1, -0.05) is 184 Å². The highest BCUT2D eigenvalue weighted by molar-refractivity contribution is 6.21. The molecule has 0 saturated heterocycles. The van der Waals surface area contributed by atoms with E-state index >= 15 is 0 Å². The molecule has 1 aliphatic carbocycles. The van der Waals surface area contributed by atoms with Crippen molar-refractivity contribution in [2.45, 2.75) is 19.3 Å². The molecule has 0 aromatic heterocycles. The van der Waals surface area contributed by atoms with E-state index in [4.69, 9.17) is 0 Å². The second-order valence-electron chi connectivity index (χ2n) is 14.5. The highest BCUT2D eigenvalue weighted by atomic mass is 14.4. The van der Waals surface area contributed by atoms with Crippen molar-refractivity contribution in [1.82, 2.24) is 0 Å². The van der Waals surface area contributed by atoms with E-state index in [1.165, 1.54) is 99.1 Å². The lowest BCUT2D eigenvalue weighted by Crippen LogP contribution is -2.14. The third-order valence-electron chi connectivity index (χ3n) is 11.3. The summed E-state index contributed by atoms with van der Waals surface area (Å²) >= 11 is 0. The van der Waals surface area contributed by atoms with Crippen molar-refractivity contribution < 1.29 is 0 Å². The zero-order valence-electron chi connectivity index (χ0n) is 28.8. The normalized spacial score (nSPS) is 13.1. The molecule has 0 atom stereocenters. The van der Waals surface area contributed by atoms with E-state index in [1.807, 2.05) is 0 Å². The standard InChI is InChI=1S/C51H36/c1-51(2)46-29-28-38(32-45(46)50-40-18-7-6-15-35(40)27-30-47(50)51)34-23-25-36(26-24-34)48-41-19-8-10-21-43(41)49(44-22-11-9-20-42(44)48)39-17-12-16-37(31-39)33-13-4-3-5-14-33/h3-32H,1-2H3. The van der Waals surface area contributed by atoms with Crippen LogP contribution in [0.4, 0.5) is 0 Å². The quantitative estimate of drug-likeness (QED) is 0.167. The molecule has 0 saturated carbocycles. The number of fused-ring (bicyclic) bond motifs is 7. The van der Waals surface area contributed by atoms with Gasteiger partial charge in [-0.05, 0) is 111 Å². The highest BCUT2D eigenvalue weighted by Crippen LogP contribution is 2.52. The molecule has 0 heteroatoms. The Morgan fingerprint density at radius 3 is 1.45 bits per heavy atom. The molecule has 0 unspecified atom stereocenters. The largest absolute Gasteiger partial charge is 0.0622 e. The molecule has 9 aromatic carbocycles. The molecule has 0 radical (unpaired) electrons. The van der Waals surface area contributed by atoms with Crippen LogP contribution in [0.15, 0.2) is 182 Å². The van der Waals surface area contributed by atoms with Crippen LogP contribution >= 0.6 is 0 Å². The summed E-state index contributed by atoms with van der Waals surface area (Å²) in [5.74, 6) is 0. The fraction of sp³-hybridized carbons (Fsp3) is 0.0588. The summed E-state index contributed by atoms with van der Waals surface area (Å²) in [5.41, 5.74) is 15.5. The number of hydrogen-bond acceptors (Lipinski definition) is 0. The minimum absolute atomic E-state index is 0.0335. The monoisotopic (exact) mass is 648 g/mol. The molecule has 51 heavy (non-hydrogen) atoms. The molecule has 240 valence electrons. The first-order chi connectivity index (χ1) is 25.1. The summed E-state index contributed by atoms with van der Waals surface area (Å²) in [7, 11) is 0. The van der Waals surface area contributed by atoms with Crippen molar-refractivity contribution in [3.63, 3.8) is 0 Å². The molecule has 0 amide bonds. The minimum Gasteiger partial charge on any atom is -0.0622 e. The second kappa shape index (κ2) is 11.4. The van der Waals surface area contributed by atoms with Crippen LogP contribution in [0.25, 0.3) is 88.0 Å². The fourth-order valence-corrected chi connectivity index (χ4v) is 8.77. The summed E-state index contributed by atoms with van der Waals surface area (Å²) in [5, 5.41) is 7.72. The molecule has 1 aliphatic rings. The van der Waals surface area contributed by atoms with Crippen molar-refractivity contribution in [3.05, 3.63) is 193 Å². The van der Waals surface area contributed by atoms with Gasteiger partial charge in [0.1, 0.15) is 0 Å². The molecule has 0 spiro atoms. The zero-order valence-corrected chi connectivity index (χ0v) is 28.8. The zero-order chi connectivity index (χ0) is 34.1. The Labute approximate surface area is 299 Å². The van der Waals surface area contributed by atoms with Crippen molar-refractivity contribution in [2.75, 3.05) is 0 Å². The number of rotatable bonds is 4. The van der Waals surface area contributed by atoms with Crippen LogP contribution in [0.5, 0.6) is 0 Å². The first kappa shape index (κ1) is 29.7. The molecule has 0 aliphatic heterocycles. The van der Waals surface area contributed by atoms with Gasteiger partial charge in [-0.25, -0.2) is 0 Å². The first-order valence-corrected chi connectivity index (χ1v) is 17.9. The molecule has 0 N–H and O–H groups in total. The maximum absolute atomic E-state index is 2.42. The molecular weight excluding hydrogens is 613 g/mol. The van der Waals surface area contributed by atoms with E-state index in [-0.39, 0.29) is 5.41 Å².